The van der Waals surface area contributed by atoms with Crippen molar-refractivity contribution in [2.45, 2.75) is 13.8 Å². The summed E-state index contributed by atoms with van der Waals surface area (Å²) in [5, 5.41) is 17.2. The molecule has 3 aromatic rings. The van der Waals surface area contributed by atoms with Gasteiger partial charge in [-0.15, -0.1) is 10.2 Å². The number of aromatic nitrogens is 4. The number of rotatable bonds is 4. The predicted octanol–water partition coefficient (Wildman–Crippen LogP) is 3.27. The lowest BCUT2D eigenvalue weighted by molar-refractivity contribution is 0.608. The van der Waals surface area contributed by atoms with E-state index in [1.165, 1.54) is 17.4 Å². The van der Waals surface area contributed by atoms with Crippen LogP contribution in [0.4, 0.5) is 9.52 Å². The minimum atomic E-state index is -0.305. The summed E-state index contributed by atoms with van der Waals surface area (Å²) in [7, 11) is 0. The molecule has 0 aliphatic carbocycles. The fraction of sp³-hybridized carbons (Fsp3) is 0.214. The van der Waals surface area contributed by atoms with E-state index in [2.05, 4.69) is 20.6 Å². The first-order chi connectivity index (χ1) is 10.2. The molecule has 0 amide bonds. The number of benzene rings is 1. The van der Waals surface area contributed by atoms with Crippen LogP contribution in [0.15, 0.2) is 30.5 Å². The third-order valence-electron chi connectivity index (χ3n) is 3.07. The third kappa shape index (κ3) is 2.52. The molecule has 0 spiro atoms. The molecule has 2 aromatic heterocycles. The van der Waals surface area contributed by atoms with Crippen LogP contribution in [0.1, 0.15) is 12.6 Å². The molecule has 2 heterocycles. The summed E-state index contributed by atoms with van der Waals surface area (Å²) >= 11 is 1.46. The first-order valence-corrected chi connectivity index (χ1v) is 7.39. The first kappa shape index (κ1) is 13.7. The number of hydrogen-bond donors (Lipinski definition) is 1. The number of para-hydroxylation sites is 1. The highest BCUT2D eigenvalue weighted by molar-refractivity contribution is 7.18. The fourth-order valence-corrected chi connectivity index (χ4v) is 2.91. The third-order valence-corrected chi connectivity index (χ3v) is 3.99. The lowest BCUT2D eigenvalue weighted by Gasteiger charge is -2.05. The number of hydrogen-bond acceptors (Lipinski definition) is 5. The van der Waals surface area contributed by atoms with E-state index in [0.717, 1.165) is 27.9 Å². The highest BCUT2D eigenvalue weighted by atomic mass is 32.1. The van der Waals surface area contributed by atoms with Gasteiger partial charge >= 0.3 is 0 Å². The Labute approximate surface area is 125 Å². The van der Waals surface area contributed by atoms with E-state index in [4.69, 9.17) is 0 Å². The van der Waals surface area contributed by atoms with E-state index >= 15 is 0 Å². The second kappa shape index (κ2) is 5.61. The summed E-state index contributed by atoms with van der Waals surface area (Å²) in [6, 6.07) is 6.56. The molecule has 21 heavy (non-hydrogen) atoms. The largest absolute Gasteiger partial charge is 0.360 e. The van der Waals surface area contributed by atoms with Crippen LogP contribution in [0.5, 0.6) is 0 Å². The average Bonchev–Trinajstić information content (AvgIpc) is 3.07. The van der Waals surface area contributed by atoms with Crippen molar-refractivity contribution >= 4 is 16.5 Å². The number of halogens is 1. The maximum absolute atomic E-state index is 13.9. The minimum absolute atomic E-state index is 0.305. The zero-order chi connectivity index (χ0) is 14.8. The van der Waals surface area contributed by atoms with Gasteiger partial charge in [-0.3, -0.25) is 0 Å². The topological polar surface area (TPSA) is 55.6 Å². The van der Waals surface area contributed by atoms with E-state index in [1.807, 2.05) is 13.8 Å². The molecule has 0 atom stereocenters. The lowest BCUT2D eigenvalue weighted by Crippen LogP contribution is -2.01. The van der Waals surface area contributed by atoms with Gasteiger partial charge in [0.2, 0.25) is 5.13 Å². The first-order valence-electron chi connectivity index (χ1n) is 6.58. The molecule has 3 rings (SSSR count). The molecule has 5 nitrogen and oxygen atoms in total. The molecular weight excluding hydrogens is 289 g/mol. The van der Waals surface area contributed by atoms with Gasteiger partial charge in [-0.2, -0.15) is 5.10 Å². The molecule has 108 valence electrons. The molecule has 1 N–H and O–H groups in total. The highest BCUT2D eigenvalue weighted by Crippen LogP contribution is 2.30. The van der Waals surface area contributed by atoms with Gasteiger partial charge in [0.15, 0.2) is 5.01 Å². The van der Waals surface area contributed by atoms with Crippen LogP contribution in [0, 0.1) is 12.7 Å². The van der Waals surface area contributed by atoms with Gasteiger partial charge in [-0.1, -0.05) is 23.5 Å². The van der Waals surface area contributed by atoms with Gasteiger partial charge in [0, 0.05) is 6.54 Å². The average molecular weight is 303 g/mol. The Hall–Kier alpha value is -2.28. The van der Waals surface area contributed by atoms with Crippen molar-refractivity contribution in [2.24, 2.45) is 0 Å². The quantitative estimate of drug-likeness (QED) is 0.803. The molecule has 0 bridgehead atoms. The Balaban J connectivity index is 2.01. The van der Waals surface area contributed by atoms with Gasteiger partial charge in [0.1, 0.15) is 11.5 Å². The zero-order valence-electron chi connectivity index (χ0n) is 11.7. The monoisotopic (exact) mass is 303 g/mol. The number of nitrogens with one attached hydrogen (secondary N) is 1. The molecule has 0 aliphatic heterocycles. The van der Waals surface area contributed by atoms with Crippen LogP contribution >= 0.6 is 11.3 Å². The van der Waals surface area contributed by atoms with Gasteiger partial charge < -0.3 is 5.32 Å². The molecule has 0 saturated heterocycles. The Morgan fingerprint density at radius 1 is 1.29 bits per heavy atom. The number of nitrogens with zero attached hydrogens (tertiary/aromatic N) is 4. The Morgan fingerprint density at radius 3 is 2.86 bits per heavy atom. The summed E-state index contributed by atoms with van der Waals surface area (Å²) in [6.07, 6.45) is 1.69. The van der Waals surface area contributed by atoms with Crippen LogP contribution in [0.3, 0.4) is 0 Å². The molecular formula is C14H14FN5S. The van der Waals surface area contributed by atoms with Crippen LogP contribution in [0.25, 0.3) is 16.3 Å². The van der Waals surface area contributed by atoms with E-state index < -0.39 is 0 Å². The Morgan fingerprint density at radius 2 is 2.10 bits per heavy atom. The molecule has 0 fully saturated rings. The van der Waals surface area contributed by atoms with Crippen molar-refractivity contribution < 1.29 is 4.39 Å². The molecule has 1 aromatic carbocycles. The van der Waals surface area contributed by atoms with Crippen LogP contribution in [0.2, 0.25) is 0 Å². The van der Waals surface area contributed by atoms with Crippen molar-refractivity contribution in [2.75, 3.05) is 11.9 Å². The number of anilines is 1. The maximum atomic E-state index is 13.9. The molecule has 0 saturated carbocycles. The van der Waals surface area contributed by atoms with Gasteiger partial charge in [-0.25, -0.2) is 9.07 Å². The van der Waals surface area contributed by atoms with Crippen molar-refractivity contribution in [1.29, 1.82) is 0 Å². The summed E-state index contributed by atoms with van der Waals surface area (Å²) in [6.45, 7) is 4.69. The standard InChI is InChI=1S/C14H14FN5S/c1-3-16-14-19-18-13(21-14)10-8-17-20(9(10)2)12-7-5-4-6-11(12)15/h4-8H,3H2,1-2H3,(H,16,19). The van der Waals surface area contributed by atoms with E-state index in [1.54, 1.807) is 29.1 Å². The highest BCUT2D eigenvalue weighted by Gasteiger charge is 2.15. The SMILES string of the molecule is CCNc1nnc(-c2cnn(-c3ccccc3F)c2C)s1. The minimum Gasteiger partial charge on any atom is -0.360 e. The summed E-state index contributed by atoms with van der Waals surface area (Å²) in [5.74, 6) is -0.305. The van der Waals surface area contributed by atoms with Crippen LogP contribution in [-0.2, 0) is 0 Å². The second-order valence-corrected chi connectivity index (χ2v) is 5.43. The molecule has 0 aliphatic rings. The predicted molar refractivity (Wildman–Crippen MR) is 81.3 cm³/mol. The van der Waals surface area contributed by atoms with Crippen molar-refractivity contribution in [3.05, 3.63) is 42.0 Å². The van der Waals surface area contributed by atoms with Gasteiger partial charge in [0.05, 0.1) is 17.5 Å². The van der Waals surface area contributed by atoms with Crippen molar-refractivity contribution in [3.8, 4) is 16.3 Å². The molecule has 0 unspecified atom stereocenters. The lowest BCUT2D eigenvalue weighted by atomic mass is 10.2. The maximum Gasteiger partial charge on any atom is 0.205 e. The van der Waals surface area contributed by atoms with Crippen LogP contribution < -0.4 is 5.32 Å². The van der Waals surface area contributed by atoms with Crippen LogP contribution in [-0.4, -0.2) is 26.5 Å². The fourth-order valence-electron chi connectivity index (χ4n) is 2.04. The van der Waals surface area contributed by atoms with Crippen molar-refractivity contribution in [1.82, 2.24) is 20.0 Å². The van der Waals surface area contributed by atoms with E-state index in [-0.39, 0.29) is 5.82 Å². The second-order valence-electron chi connectivity index (χ2n) is 4.45. The summed E-state index contributed by atoms with van der Waals surface area (Å²) in [4.78, 5) is 0. The van der Waals surface area contributed by atoms with E-state index in [0.29, 0.717) is 5.69 Å². The smallest absolute Gasteiger partial charge is 0.205 e. The van der Waals surface area contributed by atoms with E-state index in [9.17, 15) is 4.39 Å². The van der Waals surface area contributed by atoms with Gasteiger partial charge in [0.25, 0.3) is 0 Å². The Bertz CT molecular complexity index is 764. The summed E-state index contributed by atoms with van der Waals surface area (Å²) in [5.41, 5.74) is 2.12. The Kier molecular flexibility index (Phi) is 3.66. The van der Waals surface area contributed by atoms with Crippen molar-refractivity contribution in [3.63, 3.8) is 0 Å². The normalized spacial score (nSPS) is 10.8. The summed E-state index contributed by atoms with van der Waals surface area (Å²) < 4.78 is 15.5. The molecule has 7 heteroatoms. The molecule has 0 radical (unpaired) electrons. The van der Waals surface area contributed by atoms with Gasteiger partial charge in [-0.05, 0) is 26.0 Å². The zero-order valence-corrected chi connectivity index (χ0v) is 12.5.